The van der Waals surface area contributed by atoms with Gasteiger partial charge in [0.2, 0.25) is 23.6 Å². The number of aliphatic imine (C=N–C) groups is 1. The van der Waals surface area contributed by atoms with E-state index >= 15 is 0 Å². The van der Waals surface area contributed by atoms with Crippen molar-refractivity contribution in [1.29, 1.82) is 0 Å². The minimum atomic E-state index is -1.01. The summed E-state index contributed by atoms with van der Waals surface area (Å²) in [6.07, 6.45) is 1.15. The number of carbonyl (C=O) groups is 4. The number of nitrogens with two attached hydrogens (primary N) is 3. The Morgan fingerprint density at radius 1 is 0.842 bits per heavy atom. The predicted molar refractivity (Wildman–Crippen MR) is 148 cm³/mol. The third-order valence-electron chi connectivity index (χ3n) is 5.94. The topological polar surface area (TPSA) is 195 Å². The fourth-order valence-electron chi connectivity index (χ4n) is 4.18. The Balaban J connectivity index is 2.26. The molecule has 2 aromatic carbocycles. The maximum absolute atomic E-state index is 13.4. The van der Waals surface area contributed by atoms with Crippen LogP contribution in [0.5, 0.6) is 0 Å². The van der Waals surface area contributed by atoms with Crippen molar-refractivity contribution in [2.75, 3.05) is 6.54 Å². The number of rotatable bonds is 14. The number of nitrogens with zero attached hydrogens (tertiary/aromatic N) is 1. The van der Waals surface area contributed by atoms with Gasteiger partial charge in [0.05, 0.1) is 0 Å². The number of amides is 4. The second-order valence-electron chi connectivity index (χ2n) is 9.70. The van der Waals surface area contributed by atoms with Crippen LogP contribution < -0.4 is 33.2 Å². The van der Waals surface area contributed by atoms with Gasteiger partial charge in [-0.25, -0.2) is 0 Å². The largest absolute Gasteiger partial charge is 0.370 e. The number of hydrogen-bond acceptors (Lipinski definition) is 5. The van der Waals surface area contributed by atoms with Gasteiger partial charge >= 0.3 is 0 Å². The molecule has 0 aliphatic rings. The molecule has 11 heteroatoms. The quantitative estimate of drug-likeness (QED) is 0.118. The highest BCUT2D eigenvalue weighted by atomic mass is 16.2. The Morgan fingerprint density at radius 2 is 1.47 bits per heavy atom. The molecule has 0 bridgehead atoms. The molecule has 0 aliphatic carbocycles. The van der Waals surface area contributed by atoms with Crippen LogP contribution in [0, 0.1) is 5.92 Å². The lowest BCUT2D eigenvalue weighted by atomic mass is 9.98. The van der Waals surface area contributed by atoms with Crippen LogP contribution in [0.3, 0.4) is 0 Å². The van der Waals surface area contributed by atoms with E-state index < -0.39 is 35.8 Å². The summed E-state index contributed by atoms with van der Waals surface area (Å²) in [4.78, 5) is 54.4. The molecule has 0 aliphatic heterocycles. The molecule has 11 nitrogen and oxygen atoms in total. The third-order valence-corrected chi connectivity index (χ3v) is 5.94. The summed E-state index contributed by atoms with van der Waals surface area (Å²) < 4.78 is 0. The molecule has 0 radical (unpaired) electrons. The monoisotopic (exact) mass is 525 g/mol. The number of hydrogen-bond donors (Lipinski definition) is 6. The van der Waals surface area contributed by atoms with Gasteiger partial charge in [-0.3, -0.25) is 24.2 Å². The summed E-state index contributed by atoms with van der Waals surface area (Å²) in [5, 5.41) is 10.1. The summed E-state index contributed by atoms with van der Waals surface area (Å²) in [7, 11) is 0. The van der Waals surface area contributed by atoms with Gasteiger partial charge in [0, 0.05) is 19.9 Å². The number of primary amides is 1. The van der Waals surface area contributed by atoms with Crippen molar-refractivity contribution >= 4 is 40.4 Å². The highest BCUT2D eigenvalue weighted by molar-refractivity contribution is 5.94. The molecule has 38 heavy (non-hydrogen) atoms. The van der Waals surface area contributed by atoms with Gasteiger partial charge in [-0.05, 0) is 41.5 Å². The molecule has 0 aromatic heterocycles. The van der Waals surface area contributed by atoms with E-state index in [4.69, 9.17) is 17.2 Å². The molecule has 2 rings (SSSR count). The number of guanidine groups is 1. The Labute approximate surface area is 223 Å². The van der Waals surface area contributed by atoms with Gasteiger partial charge in [-0.15, -0.1) is 0 Å². The van der Waals surface area contributed by atoms with Gasteiger partial charge in [0.15, 0.2) is 5.96 Å². The van der Waals surface area contributed by atoms with E-state index in [0.717, 1.165) is 16.3 Å². The van der Waals surface area contributed by atoms with Crippen LogP contribution in [0.2, 0.25) is 0 Å². The SMILES string of the molecule is CC(=O)N[C@H](Cc1cccc2ccccc12)C(=O)N[C@@H](CCCN=C(N)N)C(=O)N[C@@H](CC(C)C)C(N)=O. The zero-order valence-corrected chi connectivity index (χ0v) is 22.2. The van der Waals surface area contributed by atoms with E-state index in [9.17, 15) is 19.2 Å². The second kappa shape index (κ2) is 14.6. The Kier molecular flexibility index (Phi) is 11.5. The highest BCUT2D eigenvalue weighted by Crippen LogP contribution is 2.20. The highest BCUT2D eigenvalue weighted by Gasteiger charge is 2.29. The average Bonchev–Trinajstić information content (AvgIpc) is 2.84. The number of nitrogens with one attached hydrogen (secondary N) is 3. The van der Waals surface area contributed by atoms with Crippen LogP contribution in [0.15, 0.2) is 47.5 Å². The lowest BCUT2D eigenvalue weighted by Crippen LogP contribution is -2.56. The van der Waals surface area contributed by atoms with Crippen LogP contribution in [-0.2, 0) is 25.6 Å². The first-order chi connectivity index (χ1) is 18.0. The van der Waals surface area contributed by atoms with E-state index in [-0.39, 0.29) is 37.2 Å². The van der Waals surface area contributed by atoms with Crippen molar-refractivity contribution in [3.8, 4) is 0 Å². The lowest BCUT2D eigenvalue weighted by molar-refractivity contribution is -0.133. The molecule has 0 heterocycles. The molecule has 0 unspecified atom stereocenters. The molecule has 0 spiro atoms. The van der Waals surface area contributed by atoms with Crippen LogP contribution >= 0.6 is 0 Å². The maximum atomic E-state index is 13.4. The van der Waals surface area contributed by atoms with Crippen molar-refractivity contribution in [2.45, 2.75) is 64.6 Å². The van der Waals surface area contributed by atoms with Crippen LogP contribution in [0.4, 0.5) is 0 Å². The summed E-state index contributed by atoms with van der Waals surface area (Å²) in [6.45, 7) is 5.38. The minimum Gasteiger partial charge on any atom is -0.370 e. The first kappa shape index (κ1) is 30.1. The standard InChI is InChI=1S/C27H39N7O4/c1-16(2)14-22(24(28)36)34-25(37)21(12-7-13-31-27(29)30)33-26(38)23(32-17(3)35)15-19-10-6-9-18-8-4-5-11-20(18)19/h4-6,8-11,16,21-23H,7,12-15H2,1-3H3,(H2,28,36)(H,32,35)(H,33,38)(H,34,37)(H4,29,30,31)/t21-,22-,23+/m0/s1. The minimum absolute atomic E-state index is 0.0819. The van der Waals surface area contributed by atoms with Crippen LogP contribution in [0.1, 0.15) is 45.6 Å². The number of fused-ring (bicyclic) bond motifs is 1. The predicted octanol–water partition coefficient (Wildman–Crippen LogP) is 0.442. The lowest BCUT2D eigenvalue weighted by Gasteiger charge is -2.25. The summed E-state index contributed by atoms with van der Waals surface area (Å²) in [6, 6.07) is 10.7. The van der Waals surface area contributed by atoms with Crippen LogP contribution in [0.25, 0.3) is 10.8 Å². The summed E-state index contributed by atoms with van der Waals surface area (Å²) in [5.74, 6) is -2.11. The molecule has 2 aromatic rings. The fraction of sp³-hybridized carbons (Fsp3) is 0.444. The van der Waals surface area contributed by atoms with E-state index in [1.54, 1.807) is 0 Å². The molecule has 0 saturated heterocycles. The molecule has 3 atom stereocenters. The zero-order valence-electron chi connectivity index (χ0n) is 22.2. The first-order valence-corrected chi connectivity index (χ1v) is 12.7. The third kappa shape index (κ3) is 9.72. The van der Waals surface area contributed by atoms with Crippen molar-refractivity contribution in [2.24, 2.45) is 28.1 Å². The smallest absolute Gasteiger partial charge is 0.243 e. The first-order valence-electron chi connectivity index (χ1n) is 12.7. The summed E-state index contributed by atoms with van der Waals surface area (Å²) in [5.41, 5.74) is 17.1. The van der Waals surface area contributed by atoms with Gasteiger partial charge in [0.1, 0.15) is 18.1 Å². The Bertz CT molecular complexity index is 1160. The molecular formula is C27H39N7O4. The second-order valence-corrected chi connectivity index (χ2v) is 9.70. The average molecular weight is 526 g/mol. The van der Waals surface area contributed by atoms with Crippen molar-refractivity contribution in [3.05, 3.63) is 48.0 Å². The normalized spacial score (nSPS) is 13.3. The van der Waals surface area contributed by atoms with Crippen molar-refractivity contribution in [3.63, 3.8) is 0 Å². The maximum Gasteiger partial charge on any atom is 0.243 e. The Morgan fingerprint density at radius 3 is 2.11 bits per heavy atom. The van der Waals surface area contributed by atoms with E-state index in [0.29, 0.717) is 12.8 Å². The van der Waals surface area contributed by atoms with Gasteiger partial charge < -0.3 is 33.2 Å². The van der Waals surface area contributed by atoms with E-state index in [2.05, 4.69) is 20.9 Å². The molecule has 0 saturated carbocycles. The van der Waals surface area contributed by atoms with Crippen molar-refractivity contribution < 1.29 is 19.2 Å². The molecule has 4 amide bonds. The Hall–Kier alpha value is -4.15. The van der Waals surface area contributed by atoms with Gasteiger partial charge in [0.25, 0.3) is 0 Å². The van der Waals surface area contributed by atoms with Gasteiger partial charge in [-0.2, -0.15) is 0 Å². The van der Waals surface area contributed by atoms with E-state index in [1.165, 1.54) is 6.92 Å². The summed E-state index contributed by atoms with van der Waals surface area (Å²) >= 11 is 0. The van der Waals surface area contributed by atoms with Gasteiger partial charge in [-0.1, -0.05) is 56.3 Å². The fourth-order valence-corrected chi connectivity index (χ4v) is 4.18. The molecule has 9 N–H and O–H groups in total. The molecular weight excluding hydrogens is 486 g/mol. The zero-order chi connectivity index (χ0) is 28.2. The molecule has 0 fully saturated rings. The van der Waals surface area contributed by atoms with E-state index in [1.807, 2.05) is 56.3 Å². The van der Waals surface area contributed by atoms with Crippen LogP contribution in [-0.4, -0.2) is 54.3 Å². The number of carbonyl (C=O) groups excluding carboxylic acids is 4. The number of benzene rings is 2. The van der Waals surface area contributed by atoms with Crippen molar-refractivity contribution in [1.82, 2.24) is 16.0 Å². The molecule has 206 valence electrons.